The van der Waals surface area contributed by atoms with Crippen molar-refractivity contribution in [1.29, 1.82) is 0 Å². The molecule has 7 nitrogen and oxygen atoms in total. The number of amides is 1. The molecule has 2 saturated heterocycles. The van der Waals surface area contributed by atoms with Gasteiger partial charge in [-0.3, -0.25) is 4.90 Å². The van der Waals surface area contributed by atoms with E-state index in [9.17, 15) is 4.79 Å². The molecule has 0 aliphatic carbocycles. The average molecular weight is 384 g/mol. The lowest BCUT2D eigenvalue weighted by Gasteiger charge is -2.37. The van der Waals surface area contributed by atoms with Crippen molar-refractivity contribution in [3.8, 4) is 5.75 Å². The Hall–Kier alpha value is -2.54. The highest BCUT2D eigenvalue weighted by molar-refractivity contribution is 5.70. The SMILES string of the molecule is CN1CC2(CCN(Cc3ccc(OCCCn4ccnc4)cc3)CC2)OC1=O. The Morgan fingerprint density at radius 3 is 2.64 bits per heavy atom. The number of likely N-dealkylation sites (N-methyl/N-ethyl adjacent to an activating group) is 1. The summed E-state index contributed by atoms with van der Waals surface area (Å²) in [6.07, 6.45) is 8.16. The fourth-order valence-corrected chi connectivity index (χ4v) is 3.98. The second kappa shape index (κ2) is 8.22. The van der Waals surface area contributed by atoms with E-state index in [-0.39, 0.29) is 11.7 Å². The molecular weight excluding hydrogens is 356 g/mol. The van der Waals surface area contributed by atoms with Crippen LogP contribution in [0.3, 0.4) is 0 Å². The topological polar surface area (TPSA) is 59.8 Å². The van der Waals surface area contributed by atoms with Crippen LogP contribution in [0.2, 0.25) is 0 Å². The lowest BCUT2D eigenvalue weighted by Crippen LogP contribution is -2.46. The third kappa shape index (κ3) is 4.47. The number of carbonyl (C=O) groups is 1. The van der Waals surface area contributed by atoms with Gasteiger partial charge in [-0.2, -0.15) is 0 Å². The number of hydrogen-bond donors (Lipinski definition) is 0. The molecule has 1 amide bonds. The summed E-state index contributed by atoms with van der Waals surface area (Å²) in [6, 6.07) is 8.37. The van der Waals surface area contributed by atoms with E-state index in [1.165, 1.54) is 5.56 Å². The summed E-state index contributed by atoms with van der Waals surface area (Å²) in [5.74, 6) is 0.910. The number of rotatable bonds is 7. The van der Waals surface area contributed by atoms with Crippen LogP contribution in [0.15, 0.2) is 43.0 Å². The molecule has 4 rings (SSSR count). The molecule has 2 aromatic rings. The van der Waals surface area contributed by atoms with Crippen molar-refractivity contribution in [2.75, 3.05) is 33.3 Å². The smallest absolute Gasteiger partial charge is 0.410 e. The summed E-state index contributed by atoms with van der Waals surface area (Å²) in [4.78, 5) is 19.8. The van der Waals surface area contributed by atoms with Gasteiger partial charge in [0.1, 0.15) is 11.4 Å². The molecule has 1 aromatic carbocycles. The maximum absolute atomic E-state index is 11.7. The molecule has 2 fully saturated rings. The highest BCUT2D eigenvalue weighted by Crippen LogP contribution is 2.33. The molecule has 0 bridgehead atoms. The van der Waals surface area contributed by atoms with E-state index in [1.54, 1.807) is 11.1 Å². The van der Waals surface area contributed by atoms with Crippen LogP contribution < -0.4 is 4.74 Å². The second-order valence-electron chi connectivity index (χ2n) is 7.83. The first-order valence-corrected chi connectivity index (χ1v) is 9.96. The molecule has 3 heterocycles. The van der Waals surface area contributed by atoms with Crippen molar-refractivity contribution in [3.05, 3.63) is 48.5 Å². The summed E-state index contributed by atoms with van der Waals surface area (Å²) >= 11 is 0. The standard InChI is InChI=1S/C21H28N4O3/c1-23-16-21(28-20(23)26)7-11-24(12-8-21)15-18-3-5-19(6-4-18)27-14-2-10-25-13-9-22-17-25/h3-6,9,13,17H,2,7-8,10-12,14-16H2,1H3. The van der Waals surface area contributed by atoms with Crippen LogP contribution in [-0.4, -0.2) is 64.3 Å². The Morgan fingerprint density at radius 2 is 2.00 bits per heavy atom. The van der Waals surface area contributed by atoms with Crippen molar-refractivity contribution < 1.29 is 14.3 Å². The van der Waals surface area contributed by atoms with Crippen LogP contribution >= 0.6 is 0 Å². The van der Waals surface area contributed by atoms with Crippen LogP contribution in [0.1, 0.15) is 24.8 Å². The minimum atomic E-state index is -0.267. The summed E-state index contributed by atoms with van der Waals surface area (Å²) in [6.45, 7) is 5.15. The summed E-state index contributed by atoms with van der Waals surface area (Å²) < 4.78 is 13.5. The quantitative estimate of drug-likeness (QED) is 0.687. The van der Waals surface area contributed by atoms with Crippen molar-refractivity contribution in [1.82, 2.24) is 19.4 Å². The van der Waals surface area contributed by atoms with Crippen LogP contribution in [0.5, 0.6) is 5.75 Å². The number of likely N-dealkylation sites (tertiary alicyclic amines) is 1. The van der Waals surface area contributed by atoms with Crippen molar-refractivity contribution in [2.24, 2.45) is 0 Å². The molecule has 1 aromatic heterocycles. The maximum atomic E-state index is 11.7. The summed E-state index contributed by atoms with van der Waals surface area (Å²) in [5, 5.41) is 0. The predicted octanol–water partition coefficient (Wildman–Crippen LogP) is 2.77. The molecule has 0 atom stereocenters. The van der Waals surface area contributed by atoms with Gasteiger partial charge >= 0.3 is 6.09 Å². The molecule has 2 aliphatic heterocycles. The lowest BCUT2D eigenvalue weighted by atomic mass is 9.91. The molecule has 1 spiro atoms. The highest BCUT2D eigenvalue weighted by atomic mass is 16.6. The molecule has 0 N–H and O–H groups in total. The maximum Gasteiger partial charge on any atom is 0.410 e. The van der Waals surface area contributed by atoms with E-state index in [0.29, 0.717) is 13.2 Å². The molecule has 2 aliphatic rings. The number of benzene rings is 1. The van der Waals surface area contributed by atoms with Gasteiger partial charge in [-0.25, -0.2) is 9.78 Å². The summed E-state index contributed by atoms with van der Waals surface area (Å²) in [7, 11) is 1.81. The minimum absolute atomic E-state index is 0.186. The van der Waals surface area contributed by atoms with Crippen LogP contribution in [-0.2, 0) is 17.8 Å². The Balaban J connectivity index is 1.19. The number of piperidine rings is 1. The highest BCUT2D eigenvalue weighted by Gasteiger charge is 2.45. The zero-order valence-electron chi connectivity index (χ0n) is 16.4. The first-order chi connectivity index (χ1) is 13.6. The van der Waals surface area contributed by atoms with Crippen molar-refractivity contribution >= 4 is 6.09 Å². The molecular formula is C21H28N4O3. The van der Waals surface area contributed by atoms with Crippen LogP contribution in [0, 0.1) is 0 Å². The van der Waals surface area contributed by atoms with E-state index >= 15 is 0 Å². The van der Waals surface area contributed by atoms with E-state index in [1.807, 2.05) is 31.7 Å². The molecule has 150 valence electrons. The zero-order valence-corrected chi connectivity index (χ0v) is 16.4. The van der Waals surface area contributed by atoms with Gasteiger partial charge in [0.2, 0.25) is 0 Å². The molecule has 28 heavy (non-hydrogen) atoms. The number of aryl methyl sites for hydroxylation is 1. The Morgan fingerprint density at radius 1 is 1.21 bits per heavy atom. The van der Waals surface area contributed by atoms with Crippen LogP contribution in [0.25, 0.3) is 0 Å². The second-order valence-corrected chi connectivity index (χ2v) is 7.83. The van der Waals surface area contributed by atoms with E-state index in [4.69, 9.17) is 9.47 Å². The van der Waals surface area contributed by atoms with Gasteiger partial charge in [0, 0.05) is 58.5 Å². The van der Waals surface area contributed by atoms with E-state index in [0.717, 1.165) is 51.2 Å². The summed E-state index contributed by atoms with van der Waals surface area (Å²) in [5.41, 5.74) is 1.01. The van der Waals surface area contributed by atoms with Crippen molar-refractivity contribution in [3.63, 3.8) is 0 Å². The van der Waals surface area contributed by atoms with Crippen LogP contribution in [0.4, 0.5) is 4.79 Å². The molecule has 0 saturated carbocycles. The number of ether oxygens (including phenoxy) is 2. The third-order valence-corrected chi connectivity index (χ3v) is 5.63. The minimum Gasteiger partial charge on any atom is -0.494 e. The van der Waals surface area contributed by atoms with Gasteiger partial charge in [0.05, 0.1) is 19.5 Å². The number of nitrogens with zero attached hydrogens (tertiary/aromatic N) is 4. The molecule has 0 unspecified atom stereocenters. The average Bonchev–Trinajstić information content (AvgIpc) is 3.31. The number of aromatic nitrogens is 2. The van der Waals surface area contributed by atoms with Gasteiger partial charge in [-0.15, -0.1) is 0 Å². The number of carbonyl (C=O) groups excluding carboxylic acids is 1. The van der Waals surface area contributed by atoms with Gasteiger partial charge in [0.25, 0.3) is 0 Å². The Labute approximate surface area is 165 Å². The molecule has 7 heteroatoms. The number of imidazole rings is 1. The fraction of sp³-hybridized carbons (Fsp3) is 0.524. The predicted molar refractivity (Wildman–Crippen MR) is 105 cm³/mol. The fourth-order valence-electron chi connectivity index (χ4n) is 3.98. The first-order valence-electron chi connectivity index (χ1n) is 9.96. The number of hydrogen-bond acceptors (Lipinski definition) is 5. The van der Waals surface area contributed by atoms with E-state index < -0.39 is 0 Å². The Bertz CT molecular complexity index is 767. The third-order valence-electron chi connectivity index (χ3n) is 5.63. The monoisotopic (exact) mass is 384 g/mol. The van der Waals surface area contributed by atoms with Crippen molar-refractivity contribution in [2.45, 2.75) is 38.0 Å². The van der Waals surface area contributed by atoms with Gasteiger partial charge in [-0.1, -0.05) is 12.1 Å². The van der Waals surface area contributed by atoms with Gasteiger partial charge in [-0.05, 0) is 24.1 Å². The normalized spacial score (nSPS) is 19.2. The lowest BCUT2D eigenvalue weighted by molar-refractivity contribution is -0.00119. The largest absolute Gasteiger partial charge is 0.494 e. The first kappa shape index (κ1) is 18.8. The zero-order chi connectivity index (χ0) is 19.4. The Kier molecular flexibility index (Phi) is 5.52. The molecule has 0 radical (unpaired) electrons. The van der Waals surface area contributed by atoms with E-state index in [2.05, 4.69) is 26.6 Å². The van der Waals surface area contributed by atoms with Gasteiger partial charge < -0.3 is 18.9 Å². The van der Waals surface area contributed by atoms with Gasteiger partial charge in [0.15, 0.2) is 0 Å².